The maximum Gasteiger partial charge on any atom is 0.319 e. The van der Waals surface area contributed by atoms with Crippen LogP contribution in [0.4, 0.5) is 4.39 Å². The minimum atomic E-state index is -0.516. The average Bonchev–Trinajstić information content (AvgIpc) is 2.97. The number of thioether (sulfide) groups is 2. The van der Waals surface area contributed by atoms with E-state index in [1.54, 1.807) is 13.8 Å². The minimum absolute atomic E-state index is 0.186. The summed E-state index contributed by atoms with van der Waals surface area (Å²) in [5.74, 6) is -0.742. The molecule has 0 saturated carbocycles. The zero-order chi connectivity index (χ0) is 18.8. The van der Waals surface area contributed by atoms with Gasteiger partial charge in [0.15, 0.2) is 5.16 Å². The van der Waals surface area contributed by atoms with Crippen LogP contribution in [0.15, 0.2) is 39.1 Å². The molecule has 1 aromatic heterocycles. The molecule has 1 aliphatic rings. The maximum atomic E-state index is 13.3. The molecule has 1 aromatic carbocycles. The highest BCUT2D eigenvalue weighted by Crippen LogP contribution is 2.35. The van der Waals surface area contributed by atoms with Crippen LogP contribution in [0, 0.1) is 5.82 Å². The SMILES string of the molecule is CCOC(=O)[C@H](C)Sc1nc2c(c(=O)n1-c1ccc(F)cc1)S[C@@H](C)C2. The van der Waals surface area contributed by atoms with Crippen LogP contribution in [-0.2, 0) is 16.0 Å². The predicted octanol–water partition coefficient (Wildman–Crippen LogP) is 3.45. The van der Waals surface area contributed by atoms with Gasteiger partial charge in [-0.05, 0) is 38.1 Å². The lowest BCUT2D eigenvalue weighted by atomic mass is 10.2. The molecule has 26 heavy (non-hydrogen) atoms. The summed E-state index contributed by atoms with van der Waals surface area (Å²) in [6.45, 7) is 5.80. The number of fused-ring (bicyclic) bond motifs is 1. The molecular formula is C18H19FN2O3S2. The van der Waals surface area contributed by atoms with Crippen LogP contribution < -0.4 is 5.56 Å². The third kappa shape index (κ3) is 3.81. The first-order chi connectivity index (χ1) is 12.4. The van der Waals surface area contributed by atoms with E-state index in [4.69, 9.17) is 4.74 Å². The van der Waals surface area contributed by atoms with Crippen LogP contribution in [0.2, 0.25) is 0 Å². The first-order valence-corrected chi connectivity index (χ1v) is 10.1. The van der Waals surface area contributed by atoms with Crippen LogP contribution in [0.25, 0.3) is 5.69 Å². The molecule has 138 valence electrons. The van der Waals surface area contributed by atoms with E-state index in [0.29, 0.717) is 28.8 Å². The Kier molecular flexibility index (Phi) is 5.72. The number of esters is 1. The molecule has 2 aromatic rings. The van der Waals surface area contributed by atoms with Gasteiger partial charge in [0.1, 0.15) is 11.1 Å². The molecule has 0 N–H and O–H groups in total. The summed E-state index contributed by atoms with van der Waals surface area (Å²) >= 11 is 2.67. The lowest BCUT2D eigenvalue weighted by molar-refractivity contribution is -0.142. The van der Waals surface area contributed by atoms with E-state index in [0.717, 1.165) is 5.69 Å². The first-order valence-electron chi connectivity index (χ1n) is 8.32. The largest absolute Gasteiger partial charge is 0.465 e. The van der Waals surface area contributed by atoms with Gasteiger partial charge in [-0.2, -0.15) is 0 Å². The summed E-state index contributed by atoms with van der Waals surface area (Å²) in [6.07, 6.45) is 0.709. The van der Waals surface area contributed by atoms with Crippen LogP contribution in [-0.4, -0.2) is 32.6 Å². The Morgan fingerprint density at radius 3 is 2.81 bits per heavy atom. The molecule has 0 aliphatic carbocycles. The Hall–Kier alpha value is -1.80. The topological polar surface area (TPSA) is 61.2 Å². The van der Waals surface area contributed by atoms with Crippen molar-refractivity contribution in [2.24, 2.45) is 0 Å². The van der Waals surface area contributed by atoms with E-state index in [9.17, 15) is 14.0 Å². The fraction of sp³-hybridized carbons (Fsp3) is 0.389. The van der Waals surface area contributed by atoms with Crippen LogP contribution >= 0.6 is 23.5 Å². The molecular weight excluding hydrogens is 375 g/mol. The van der Waals surface area contributed by atoms with E-state index in [2.05, 4.69) is 4.98 Å². The molecule has 0 radical (unpaired) electrons. The number of aromatic nitrogens is 2. The van der Waals surface area contributed by atoms with Crippen molar-refractivity contribution in [3.8, 4) is 5.69 Å². The van der Waals surface area contributed by atoms with Crippen molar-refractivity contribution in [2.75, 3.05) is 6.61 Å². The summed E-state index contributed by atoms with van der Waals surface area (Å²) in [7, 11) is 0. The van der Waals surface area contributed by atoms with E-state index in [1.165, 1.54) is 52.4 Å². The van der Waals surface area contributed by atoms with E-state index >= 15 is 0 Å². The van der Waals surface area contributed by atoms with Crippen molar-refractivity contribution in [3.63, 3.8) is 0 Å². The second-order valence-corrected chi connectivity index (χ2v) is 8.69. The van der Waals surface area contributed by atoms with Crippen LogP contribution in [0.5, 0.6) is 0 Å². The molecule has 0 unspecified atom stereocenters. The summed E-state index contributed by atoms with van der Waals surface area (Å²) in [4.78, 5) is 30.3. The standard InChI is InChI=1S/C18H19FN2O3S2/c1-4-24-17(23)11(3)26-18-20-14-9-10(2)25-15(14)16(22)21(18)13-7-5-12(19)6-8-13/h5-8,10-11H,4,9H2,1-3H3/t10-,11-/m0/s1. The van der Waals surface area contributed by atoms with Crippen molar-refractivity contribution >= 4 is 29.5 Å². The highest BCUT2D eigenvalue weighted by Gasteiger charge is 2.28. The van der Waals surface area contributed by atoms with Crippen LogP contribution in [0.1, 0.15) is 26.5 Å². The second kappa shape index (κ2) is 7.84. The van der Waals surface area contributed by atoms with Crippen molar-refractivity contribution in [1.82, 2.24) is 9.55 Å². The van der Waals surface area contributed by atoms with Crippen molar-refractivity contribution in [1.29, 1.82) is 0 Å². The third-order valence-electron chi connectivity index (χ3n) is 3.87. The lowest BCUT2D eigenvalue weighted by Crippen LogP contribution is -2.26. The van der Waals surface area contributed by atoms with Gasteiger partial charge in [-0.3, -0.25) is 14.2 Å². The molecule has 0 fully saturated rings. The fourth-order valence-electron chi connectivity index (χ4n) is 2.66. The number of ether oxygens (including phenoxy) is 1. The quantitative estimate of drug-likeness (QED) is 0.440. The van der Waals surface area contributed by atoms with E-state index < -0.39 is 5.25 Å². The Balaban J connectivity index is 2.08. The minimum Gasteiger partial charge on any atom is -0.465 e. The molecule has 1 aliphatic heterocycles. The summed E-state index contributed by atoms with van der Waals surface area (Å²) in [6, 6.07) is 5.67. The second-order valence-electron chi connectivity index (χ2n) is 5.93. The number of hydrogen-bond donors (Lipinski definition) is 0. The monoisotopic (exact) mass is 394 g/mol. The average molecular weight is 394 g/mol. The van der Waals surface area contributed by atoms with E-state index in [1.807, 2.05) is 6.92 Å². The molecule has 2 atom stereocenters. The fourth-order valence-corrected chi connectivity index (χ4v) is 4.70. The zero-order valence-corrected chi connectivity index (χ0v) is 16.3. The van der Waals surface area contributed by atoms with Gasteiger partial charge in [-0.1, -0.05) is 18.7 Å². The number of benzene rings is 1. The first kappa shape index (κ1) is 19.0. The van der Waals surface area contributed by atoms with Crippen molar-refractivity contribution < 1.29 is 13.9 Å². The van der Waals surface area contributed by atoms with Gasteiger partial charge in [0.2, 0.25) is 0 Å². The van der Waals surface area contributed by atoms with Crippen molar-refractivity contribution in [2.45, 2.75) is 47.7 Å². The maximum absolute atomic E-state index is 13.3. The van der Waals surface area contributed by atoms with E-state index in [-0.39, 0.29) is 22.6 Å². The molecule has 0 amide bonds. The number of halogens is 1. The molecule has 0 saturated heterocycles. The molecule has 3 rings (SSSR count). The van der Waals surface area contributed by atoms with Gasteiger partial charge < -0.3 is 4.74 Å². The Bertz CT molecular complexity index is 883. The normalized spacial score (nSPS) is 17.0. The molecule has 5 nitrogen and oxygen atoms in total. The number of hydrogen-bond acceptors (Lipinski definition) is 6. The van der Waals surface area contributed by atoms with Crippen LogP contribution in [0.3, 0.4) is 0 Å². The third-order valence-corrected chi connectivity index (χ3v) is 6.11. The summed E-state index contributed by atoms with van der Waals surface area (Å²) < 4.78 is 19.8. The predicted molar refractivity (Wildman–Crippen MR) is 101 cm³/mol. The Morgan fingerprint density at radius 1 is 1.46 bits per heavy atom. The number of nitrogens with zero attached hydrogens (tertiary/aromatic N) is 2. The smallest absolute Gasteiger partial charge is 0.319 e. The summed E-state index contributed by atoms with van der Waals surface area (Å²) in [5, 5.41) is 0.170. The molecule has 0 spiro atoms. The molecule has 2 heterocycles. The molecule has 8 heteroatoms. The zero-order valence-electron chi connectivity index (χ0n) is 14.7. The Labute approximate surface area is 159 Å². The van der Waals surface area contributed by atoms with Crippen molar-refractivity contribution in [3.05, 3.63) is 46.1 Å². The lowest BCUT2D eigenvalue weighted by Gasteiger charge is -2.16. The van der Waals surface area contributed by atoms with Gasteiger partial charge in [-0.25, -0.2) is 9.37 Å². The van der Waals surface area contributed by atoms with Gasteiger partial charge in [0.25, 0.3) is 5.56 Å². The number of carbonyl (C=O) groups excluding carboxylic acids is 1. The Morgan fingerprint density at radius 2 is 2.15 bits per heavy atom. The summed E-state index contributed by atoms with van der Waals surface area (Å²) in [5.41, 5.74) is 1.09. The van der Waals surface area contributed by atoms with Gasteiger partial charge in [0.05, 0.1) is 22.9 Å². The van der Waals surface area contributed by atoms with Gasteiger partial charge in [-0.15, -0.1) is 11.8 Å². The highest BCUT2D eigenvalue weighted by atomic mass is 32.2. The van der Waals surface area contributed by atoms with Gasteiger partial charge >= 0.3 is 5.97 Å². The van der Waals surface area contributed by atoms with Gasteiger partial charge in [0, 0.05) is 11.7 Å². The number of carbonyl (C=O) groups is 1. The highest BCUT2D eigenvalue weighted by molar-refractivity contribution is 8.00. The number of rotatable bonds is 5. The molecule has 0 bridgehead atoms.